The molecule has 0 aliphatic carbocycles. The lowest BCUT2D eigenvalue weighted by atomic mass is 10.1. The molecule has 0 saturated carbocycles. The minimum Gasteiger partial charge on any atom is -0.508 e. The lowest BCUT2D eigenvalue weighted by molar-refractivity contribution is -0.141. The summed E-state index contributed by atoms with van der Waals surface area (Å²) >= 11 is 6.07. The van der Waals surface area contributed by atoms with Gasteiger partial charge in [0.25, 0.3) is 0 Å². The summed E-state index contributed by atoms with van der Waals surface area (Å²) in [5.74, 6) is -0.300. The topological polar surface area (TPSA) is 58.6 Å². The minimum atomic E-state index is -0.694. The van der Waals surface area contributed by atoms with E-state index in [4.69, 9.17) is 16.3 Å². The normalized spacial score (nSPS) is 11.7. The SMILES string of the molecule is COC(=O)C(Nc1ccccc1Cl)c1ccc(O)cc1. The molecule has 0 aliphatic rings. The molecule has 2 aromatic carbocycles. The number of rotatable bonds is 4. The number of carbonyl (C=O) groups excluding carboxylic acids is 1. The number of benzene rings is 2. The zero-order valence-corrected chi connectivity index (χ0v) is 11.6. The van der Waals surface area contributed by atoms with Crippen LogP contribution in [-0.2, 0) is 9.53 Å². The van der Waals surface area contributed by atoms with Gasteiger partial charge in [0.05, 0.1) is 17.8 Å². The van der Waals surface area contributed by atoms with Crippen LogP contribution in [0.2, 0.25) is 5.02 Å². The fraction of sp³-hybridized carbons (Fsp3) is 0.133. The number of nitrogens with one attached hydrogen (secondary N) is 1. The van der Waals surface area contributed by atoms with E-state index in [-0.39, 0.29) is 5.75 Å². The third kappa shape index (κ3) is 3.22. The minimum absolute atomic E-state index is 0.134. The molecule has 0 aromatic heterocycles. The van der Waals surface area contributed by atoms with Gasteiger partial charge in [-0.25, -0.2) is 4.79 Å². The average molecular weight is 292 g/mol. The highest BCUT2D eigenvalue weighted by Gasteiger charge is 2.22. The maximum Gasteiger partial charge on any atom is 0.332 e. The molecular formula is C15H14ClNO3. The van der Waals surface area contributed by atoms with E-state index in [2.05, 4.69) is 5.32 Å². The molecule has 2 aromatic rings. The smallest absolute Gasteiger partial charge is 0.332 e. The van der Waals surface area contributed by atoms with Crippen molar-refractivity contribution in [3.8, 4) is 5.75 Å². The number of anilines is 1. The van der Waals surface area contributed by atoms with Gasteiger partial charge in [-0.2, -0.15) is 0 Å². The van der Waals surface area contributed by atoms with Crippen LogP contribution in [-0.4, -0.2) is 18.2 Å². The molecule has 104 valence electrons. The van der Waals surface area contributed by atoms with Crippen LogP contribution in [0.4, 0.5) is 5.69 Å². The molecule has 2 N–H and O–H groups in total. The van der Waals surface area contributed by atoms with Gasteiger partial charge in [0, 0.05) is 0 Å². The lowest BCUT2D eigenvalue weighted by Crippen LogP contribution is -2.22. The summed E-state index contributed by atoms with van der Waals surface area (Å²) in [4.78, 5) is 11.9. The third-order valence-electron chi connectivity index (χ3n) is 2.84. The summed E-state index contributed by atoms with van der Waals surface area (Å²) in [7, 11) is 1.32. The summed E-state index contributed by atoms with van der Waals surface area (Å²) in [5.41, 5.74) is 1.31. The van der Waals surface area contributed by atoms with E-state index >= 15 is 0 Å². The molecule has 0 amide bonds. The molecule has 0 fully saturated rings. The Bertz CT molecular complexity index is 598. The van der Waals surface area contributed by atoms with Gasteiger partial charge in [-0.3, -0.25) is 0 Å². The Morgan fingerprint density at radius 3 is 2.45 bits per heavy atom. The van der Waals surface area contributed by atoms with Crippen molar-refractivity contribution in [3.63, 3.8) is 0 Å². The molecule has 0 aliphatic heterocycles. The molecule has 1 unspecified atom stereocenters. The third-order valence-corrected chi connectivity index (χ3v) is 3.17. The Morgan fingerprint density at radius 1 is 1.20 bits per heavy atom. The first-order valence-electron chi connectivity index (χ1n) is 5.99. The van der Waals surface area contributed by atoms with Gasteiger partial charge in [0.2, 0.25) is 0 Å². The fourth-order valence-electron chi connectivity index (χ4n) is 1.80. The highest BCUT2D eigenvalue weighted by Crippen LogP contribution is 2.27. The molecule has 0 radical (unpaired) electrons. The molecule has 4 nitrogen and oxygen atoms in total. The molecule has 2 rings (SSSR count). The van der Waals surface area contributed by atoms with E-state index in [0.29, 0.717) is 16.3 Å². The van der Waals surface area contributed by atoms with Crippen molar-refractivity contribution in [1.82, 2.24) is 0 Å². The Labute approximate surface area is 122 Å². The number of aromatic hydroxyl groups is 1. The summed E-state index contributed by atoms with van der Waals surface area (Å²) in [5, 5.41) is 12.9. The predicted octanol–water partition coefficient (Wildman–Crippen LogP) is 3.37. The van der Waals surface area contributed by atoms with Crippen LogP contribution in [0.3, 0.4) is 0 Å². The van der Waals surface area contributed by atoms with Crippen molar-refractivity contribution in [2.75, 3.05) is 12.4 Å². The maximum atomic E-state index is 11.9. The second-order valence-electron chi connectivity index (χ2n) is 4.17. The number of phenolic OH excluding ortho intramolecular Hbond substituents is 1. The summed E-state index contributed by atoms with van der Waals surface area (Å²) in [6.07, 6.45) is 0. The summed E-state index contributed by atoms with van der Waals surface area (Å²) in [6, 6.07) is 12.8. The van der Waals surface area contributed by atoms with Crippen LogP contribution in [0.25, 0.3) is 0 Å². The van der Waals surface area contributed by atoms with Gasteiger partial charge >= 0.3 is 5.97 Å². The average Bonchev–Trinajstić information content (AvgIpc) is 2.47. The van der Waals surface area contributed by atoms with E-state index in [9.17, 15) is 9.90 Å². The number of halogens is 1. The molecule has 20 heavy (non-hydrogen) atoms. The van der Waals surface area contributed by atoms with Crippen LogP contribution in [0.1, 0.15) is 11.6 Å². The van der Waals surface area contributed by atoms with Gasteiger partial charge in [-0.05, 0) is 29.8 Å². The van der Waals surface area contributed by atoms with Crippen molar-refractivity contribution in [3.05, 3.63) is 59.1 Å². The molecule has 0 bridgehead atoms. The number of hydrogen-bond donors (Lipinski definition) is 2. The number of ether oxygens (including phenoxy) is 1. The molecule has 1 atom stereocenters. The Hall–Kier alpha value is -2.20. The highest BCUT2D eigenvalue weighted by atomic mass is 35.5. The van der Waals surface area contributed by atoms with E-state index in [1.165, 1.54) is 19.2 Å². The van der Waals surface area contributed by atoms with Gasteiger partial charge < -0.3 is 15.2 Å². The summed E-state index contributed by atoms with van der Waals surface area (Å²) < 4.78 is 4.80. The monoisotopic (exact) mass is 291 g/mol. The quantitative estimate of drug-likeness (QED) is 0.848. The Morgan fingerprint density at radius 2 is 1.85 bits per heavy atom. The van der Waals surface area contributed by atoms with Crippen LogP contribution in [0.15, 0.2) is 48.5 Å². The zero-order chi connectivity index (χ0) is 14.5. The van der Waals surface area contributed by atoms with Gasteiger partial charge in [0.15, 0.2) is 6.04 Å². The number of para-hydroxylation sites is 1. The Kier molecular flexibility index (Phi) is 4.48. The van der Waals surface area contributed by atoms with Crippen molar-refractivity contribution >= 4 is 23.3 Å². The zero-order valence-electron chi connectivity index (χ0n) is 10.8. The van der Waals surface area contributed by atoms with E-state index < -0.39 is 12.0 Å². The van der Waals surface area contributed by atoms with Gasteiger partial charge in [-0.1, -0.05) is 35.9 Å². The largest absolute Gasteiger partial charge is 0.508 e. The molecular weight excluding hydrogens is 278 g/mol. The van der Waals surface area contributed by atoms with Crippen molar-refractivity contribution in [2.45, 2.75) is 6.04 Å². The number of methoxy groups -OCH3 is 1. The van der Waals surface area contributed by atoms with E-state index in [0.717, 1.165) is 0 Å². The highest BCUT2D eigenvalue weighted by molar-refractivity contribution is 6.33. The fourth-order valence-corrected chi connectivity index (χ4v) is 1.99. The van der Waals surface area contributed by atoms with Crippen LogP contribution >= 0.6 is 11.6 Å². The van der Waals surface area contributed by atoms with Crippen LogP contribution in [0.5, 0.6) is 5.75 Å². The first-order chi connectivity index (χ1) is 9.61. The van der Waals surface area contributed by atoms with Crippen LogP contribution in [0, 0.1) is 0 Å². The van der Waals surface area contributed by atoms with E-state index in [1.54, 1.807) is 30.3 Å². The second-order valence-corrected chi connectivity index (χ2v) is 4.58. The van der Waals surface area contributed by atoms with Crippen LogP contribution < -0.4 is 5.32 Å². The first kappa shape index (κ1) is 14.2. The number of hydrogen-bond acceptors (Lipinski definition) is 4. The van der Waals surface area contributed by atoms with E-state index in [1.807, 2.05) is 6.07 Å². The molecule has 0 saturated heterocycles. The van der Waals surface area contributed by atoms with Crippen molar-refractivity contribution in [2.24, 2.45) is 0 Å². The number of esters is 1. The summed E-state index contributed by atoms with van der Waals surface area (Å²) in [6.45, 7) is 0. The molecule has 5 heteroatoms. The van der Waals surface area contributed by atoms with Gasteiger partial charge in [0.1, 0.15) is 5.75 Å². The maximum absolute atomic E-state index is 11.9. The Balaban J connectivity index is 2.31. The van der Waals surface area contributed by atoms with Gasteiger partial charge in [-0.15, -0.1) is 0 Å². The van der Waals surface area contributed by atoms with Crippen molar-refractivity contribution < 1.29 is 14.6 Å². The van der Waals surface area contributed by atoms with Crippen molar-refractivity contribution in [1.29, 1.82) is 0 Å². The second kappa shape index (κ2) is 6.30. The first-order valence-corrected chi connectivity index (χ1v) is 6.37. The number of carbonyl (C=O) groups is 1. The number of phenols is 1. The predicted molar refractivity (Wildman–Crippen MR) is 77.9 cm³/mol. The molecule has 0 heterocycles. The molecule has 0 spiro atoms. The standard InChI is InChI=1S/C15H14ClNO3/c1-20-15(19)14(10-6-8-11(18)9-7-10)17-13-5-3-2-4-12(13)16/h2-9,14,17-18H,1H3. The lowest BCUT2D eigenvalue weighted by Gasteiger charge is -2.18.